The van der Waals surface area contributed by atoms with Crippen LogP contribution in [-0.2, 0) is 11.2 Å². The molecule has 0 aliphatic carbocycles. The summed E-state index contributed by atoms with van der Waals surface area (Å²) in [6.45, 7) is 0.644. The predicted octanol–water partition coefficient (Wildman–Crippen LogP) is 1.56. The van der Waals surface area contributed by atoms with Crippen LogP contribution in [0.25, 0.3) is 11.4 Å². The molecule has 9 nitrogen and oxygen atoms in total. The van der Waals surface area contributed by atoms with Crippen LogP contribution in [0.2, 0.25) is 0 Å². The minimum Gasteiger partial charge on any atom is -0.454 e. The third kappa shape index (κ3) is 4.19. The van der Waals surface area contributed by atoms with E-state index in [2.05, 4.69) is 25.5 Å². The standard InChI is InChI=1S/C20H22N6O3/c1-26(2)18(13-5-6-15-16(10-13)29-12-28-15)20(27)22-9-7-17-23-19(25-24-17)14-4-3-8-21-11-14/h3-6,8,10-11,18H,7,9,12H2,1-2H3,(H,22,27)(H,23,24,25)/t18-/m0/s1. The zero-order valence-electron chi connectivity index (χ0n) is 16.3. The lowest BCUT2D eigenvalue weighted by Crippen LogP contribution is -2.38. The number of carbonyl (C=O) groups is 1. The molecule has 1 atom stereocenters. The summed E-state index contributed by atoms with van der Waals surface area (Å²) in [4.78, 5) is 23.2. The third-order valence-electron chi connectivity index (χ3n) is 4.59. The van der Waals surface area contributed by atoms with Crippen molar-refractivity contribution in [2.45, 2.75) is 12.5 Å². The first-order valence-electron chi connectivity index (χ1n) is 9.27. The van der Waals surface area contributed by atoms with Crippen LogP contribution in [0.4, 0.5) is 0 Å². The first kappa shape index (κ1) is 18.9. The zero-order valence-corrected chi connectivity index (χ0v) is 16.3. The molecule has 9 heteroatoms. The van der Waals surface area contributed by atoms with Gasteiger partial charge in [0, 0.05) is 30.9 Å². The highest BCUT2D eigenvalue weighted by atomic mass is 16.7. The van der Waals surface area contributed by atoms with Crippen LogP contribution >= 0.6 is 0 Å². The molecule has 3 heterocycles. The Labute approximate surface area is 168 Å². The second kappa shape index (κ2) is 8.27. The lowest BCUT2D eigenvalue weighted by molar-refractivity contribution is -0.125. The summed E-state index contributed by atoms with van der Waals surface area (Å²) in [5.41, 5.74) is 1.68. The smallest absolute Gasteiger partial charge is 0.241 e. The van der Waals surface area contributed by atoms with E-state index in [1.165, 1.54) is 0 Å². The van der Waals surface area contributed by atoms with Crippen LogP contribution in [0, 0.1) is 0 Å². The SMILES string of the molecule is CN(C)[C@H](C(=O)NCCc1nc(-c2cccnc2)n[nH]1)c1ccc2c(c1)OCO2. The molecule has 0 unspecified atom stereocenters. The topological polar surface area (TPSA) is 105 Å². The number of nitrogens with zero attached hydrogens (tertiary/aromatic N) is 4. The molecule has 1 aliphatic heterocycles. The van der Waals surface area contributed by atoms with Gasteiger partial charge in [0.1, 0.15) is 11.9 Å². The average molecular weight is 394 g/mol. The van der Waals surface area contributed by atoms with E-state index in [1.54, 1.807) is 12.4 Å². The maximum atomic E-state index is 12.8. The molecule has 0 spiro atoms. The number of nitrogens with one attached hydrogen (secondary N) is 2. The van der Waals surface area contributed by atoms with Crippen LogP contribution in [-0.4, -0.2) is 58.4 Å². The van der Waals surface area contributed by atoms with Gasteiger partial charge in [-0.15, -0.1) is 0 Å². The Morgan fingerprint density at radius 3 is 2.93 bits per heavy atom. The Morgan fingerprint density at radius 2 is 2.14 bits per heavy atom. The minimum atomic E-state index is -0.440. The Hall–Kier alpha value is -3.46. The maximum Gasteiger partial charge on any atom is 0.241 e. The van der Waals surface area contributed by atoms with Crippen molar-refractivity contribution in [1.82, 2.24) is 30.4 Å². The lowest BCUT2D eigenvalue weighted by atomic mass is 10.0. The van der Waals surface area contributed by atoms with Gasteiger partial charge in [-0.1, -0.05) is 6.07 Å². The molecule has 0 fully saturated rings. The fraction of sp³-hybridized carbons (Fsp3) is 0.300. The maximum absolute atomic E-state index is 12.8. The van der Waals surface area contributed by atoms with Gasteiger partial charge in [0.05, 0.1) is 0 Å². The van der Waals surface area contributed by atoms with E-state index in [0.29, 0.717) is 36.1 Å². The number of hydrogen-bond acceptors (Lipinski definition) is 7. The molecule has 29 heavy (non-hydrogen) atoms. The number of carbonyl (C=O) groups excluding carboxylic acids is 1. The number of aromatic nitrogens is 4. The fourth-order valence-electron chi connectivity index (χ4n) is 3.20. The molecule has 1 amide bonds. The van der Waals surface area contributed by atoms with Gasteiger partial charge in [0.2, 0.25) is 12.7 Å². The molecule has 0 saturated carbocycles. The average Bonchev–Trinajstić information content (AvgIpc) is 3.37. The van der Waals surface area contributed by atoms with Gasteiger partial charge < -0.3 is 14.8 Å². The van der Waals surface area contributed by atoms with E-state index in [-0.39, 0.29) is 12.7 Å². The van der Waals surface area contributed by atoms with Crippen LogP contribution in [0.5, 0.6) is 11.5 Å². The number of pyridine rings is 1. The number of ether oxygens (including phenoxy) is 2. The molecule has 1 aromatic carbocycles. The highest BCUT2D eigenvalue weighted by Gasteiger charge is 2.25. The van der Waals surface area contributed by atoms with Gasteiger partial charge in [0.25, 0.3) is 0 Å². The molecule has 150 valence electrons. The Balaban J connectivity index is 1.37. The summed E-state index contributed by atoms with van der Waals surface area (Å²) in [6.07, 6.45) is 3.95. The highest BCUT2D eigenvalue weighted by Crippen LogP contribution is 2.35. The van der Waals surface area contributed by atoms with Gasteiger partial charge in [-0.2, -0.15) is 5.10 Å². The Bertz CT molecular complexity index is 989. The number of hydrogen-bond donors (Lipinski definition) is 2. The summed E-state index contributed by atoms with van der Waals surface area (Å²) < 4.78 is 10.8. The van der Waals surface area contributed by atoms with Gasteiger partial charge in [-0.3, -0.25) is 19.8 Å². The molecule has 3 aromatic rings. The van der Waals surface area contributed by atoms with Gasteiger partial charge in [0.15, 0.2) is 17.3 Å². The van der Waals surface area contributed by atoms with Gasteiger partial charge >= 0.3 is 0 Å². The number of rotatable bonds is 7. The molecular weight excluding hydrogens is 372 g/mol. The number of benzene rings is 1. The van der Waals surface area contributed by atoms with E-state index in [0.717, 1.165) is 11.1 Å². The molecule has 0 saturated heterocycles. The van der Waals surface area contributed by atoms with Crippen molar-refractivity contribution in [3.05, 3.63) is 54.1 Å². The van der Waals surface area contributed by atoms with E-state index in [4.69, 9.17) is 9.47 Å². The second-order valence-electron chi connectivity index (χ2n) is 6.87. The molecule has 4 rings (SSSR count). The van der Waals surface area contributed by atoms with Crippen LogP contribution in [0.3, 0.4) is 0 Å². The fourth-order valence-corrected chi connectivity index (χ4v) is 3.20. The molecule has 1 aliphatic rings. The van der Waals surface area contributed by atoms with Crippen molar-refractivity contribution in [1.29, 1.82) is 0 Å². The van der Waals surface area contributed by atoms with Crippen molar-refractivity contribution >= 4 is 5.91 Å². The monoisotopic (exact) mass is 394 g/mol. The minimum absolute atomic E-state index is 0.0964. The lowest BCUT2D eigenvalue weighted by Gasteiger charge is -2.24. The van der Waals surface area contributed by atoms with Crippen LogP contribution in [0.15, 0.2) is 42.7 Å². The molecule has 2 N–H and O–H groups in total. The molecular formula is C20H22N6O3. The predicted molar refractivity (Wildman–Crippen MR) is 105 cm³/mol. The largest absolute Gasteiger partial charge is 0.454 e. The van der Waals surface area contributed by atoms with Crippen molar-refractivity contribution in [3.63, 3.8) is 0 Å². The second-order valence-corrected chi connectivity index (χ2v) is 6.87. The first-order valence-corrected chi connectivity index (χ1v) is 9.27. The van der Waals surface area contributed by atoms with Crippen molar-refractivity contribution in [2.24, 2.45) is 0 Å². The van der Waals surface area contributed by atoms with Gasteiger partial charge in [-0.25, -0.2) is 4.98 Å². The van der Waals surface area contributed by atoms with E-state index < -0.39 is 6.04 Å². The van der Waals surface area contributed by atoms with E-state index in [9.17, 15) is 4.79 Å². The summed E-state index contributed by atoms with van der Waals surface area (Å²) in [7, 11) is 3.73. The summed E-state index contributed by atoms with van der Waals surface area (Å²) in [5.74, 6) is 2.55. The van der Waals surface area contributed by atoms with E-state index in [1.807, 2.05) is 49.3 Å². The van der Waals surface area contributed by atoms with Crippen LogP contribution in [0.1, 0.15) is 17.4 Å². The summed E-state index contributed by atoms with van der Waals surface area (Å²) in [5, 5.41) is 10.1. The summed E-state index contributed by atoms with van der Waals surface area (Å²) in [6, 6.07) is 8.86. The highest BCUT2D eigenvalue weighted by molar-refractivity contribution is 5.83. The summed E-state index contributed by atoms with van der Waals surface area (Å²) >= 11 is 0. The van der Waals surface area contributed by atoms with Gasteiger partial charge in [-0.05, 0) is 43.9 Å². The molecule has 0 radical (unpaired) electrons. The number of H-pyrrole nitrogens is 1. The van der Waals surface area contributed by atoms with E-state index >= 15 is 0 Å². The Kier molecular flexibility index (Phi) is 5.39. The quantitative estimate of drug-likeness (QED) is 0.626. The number of amides is 1. The Morgan fingerprint density at radius 1 is 1.28 bits per heavy atom. The van der Waals surface area contributed by atoms with Crippen molar-refractivity contribution < 1.29 is 14.3 Å². The molecule has 0 bridgehead atoms. The number of fused-ring (bicyclic) bond motifs is 1. The zero-order chi connectivity index (χ0) is 20.2. The van der Waals surface area contributed by atoms with Crippen molar-refractivity contribution in [2.75, 3.05) is 27.4 Å². The normalized spacial score (nSPS) is 13.5. The number of likely N-dealkylation sites (N-methyl/N-ethyl adjacent to an activating group) is 1. The third-order valence-corrected chi connectivity index (χ3v) is 4.59. The van der Waals surface area contributed by atoms with Crippen LogP contribution < -0.4 is 14.8 Å². The first-order chi connectivity index (χ1) is 14.1. The van der Waals surface area contributed by atoms with Crippen molar-refractivity contribution in [3.8, 4) is 22.9 Å². The number of aromatic amines is 1. The molecule has 2 aromatic heterocycles.